The molecule has 1 rings (SSSR count). The Morgan fingerprint density at radius 2 is 2.10 bits per heavy atom. The molecule has 0 saturated heterocycles. The molecular formula is C12H13F3N2OS2. The van der Waals surface area contributed by atoms with Gasteiger partial charge in [0.1, 0.15) is 4.99 Å². The Morgan fingerprint density at radius 1 is 1.45 bits per heavy atom. The number of alkyl halides is 3. The summed E-state index contributed by atoms with van der Waals surface area (Å²) in [5.41, 5.74) is 4.14. The topological polar surface area (TPSA) is 55.1 Å². The van der Waals surface area contributed by atoms with Gasteiger partial charge in [-0.25, -0.2) is 0 Å². The second kappa shape index (κ2) is 6.94. The number of hydrogen-bond donors (Lipinski definition) is 2. The van der Waals surface area contributed by atoms with Crippen molar-refractivity contribution in [2.24, 2.45) is 5.73 Å². The normalized spacial score (nSPS) is 11.2. The summed E-state index contributed by atoms with van der Waals surface area (Å²) in [5.74, 6) is 0.263. The van der Waals surface area contributed by atoms with Crippen molar-refractivity contribution in [2.45, 2.75) is 12.6 Å². The average Bonchev–Trinajstić information content (AvgIpc) is 2.35. The molecule has 0 bridgehead atoms. The first kappa shape index (κ1) is 16.8. The van der Waals surface area contributed by atoms with E-state index in [0.29, 0.717) is 5.75 Å². The van der Waals surface area contributed by atoms with E-state index in [1.165, 1.54) is 17.8 Å². The Balaban J connectivity index is 3.01. The summed E-state index contributed by atoms with van der Waals surface area (Å²) in [6.07, 6.45) is -2.51. The molecular weight excluding hydrogens is 309 g/mol. The van der Waals surface area contributed by atoms with E-state index in [1.807, 2.05) is 6.26 Å². The van der Waals surface area contributed by atoms with Crippen molar-refractivity contribution < 1.29 is 18.0 Å². The van der Waals surface area contributed by atoms with Gasteiger partial charge < -0.3 is 11.1 Å². The average molecular weight is 322 g/mol. The van der Waals surface area contributed by atoms with Gasteiger partial charge in [0.15, 0.2) is 0 Å². The van der Waals surface area contributed by atoms with Crippen LogP contribution >= 0.6 is 24.0 Å². The number of halogens is 3. The van der Waals surface area contributed by atoms with Gasteiger partial charge in [-0.15, -0.1) is 0 Å². The van der Waals surface area contributed by atoms with Gasteiger partial charge in [-0.3, -0.25) is 4.79 Å². The zero-order valence-electron chi connectivity index (χ0n) is 10.6. The van der Waals surface area contributed by atoms with Crippen molar-refractivity contribution in [2.75, 3.05) is 17.3 Å². The molecule has 3 N–H and O–H groups in total. The predicted octanol–water partition coefficient (Wildman–Crippen LogP) is 3.03. The first-order valence-electron chi connectivity index (χ1n) is 5.55. The van der Waals surface area contributed by atoms with Gasteiger partial charge in [-0.1, -0.05) is 12.2 Å². The molecule has 1 aromatic carbocycles. The molecule has 3 nitrogen and oxygen atoms in total. The lowest BCUT2D eigenvalue weighted by molar-refractivity contribution is -0.137. The van der Waals surface area contributed by atoms with Gasteiger partial charge in [0.2, 0.25) is 5.91 Å². The van der Waals surface area contributed by atoms with E-state index in [0.717, 1.165) is 12.1 Å². The highest BCUT2D eigenvalue weighted by Gasteiger charge is 2.34. The van der Waals surface area contributed by atoms with Crippen LogP contribution in [-0.4, -0.2) is 22.9 Å². The van der Waals surface area contributed by atoms with Crippen molar-refractivity contribution in [3.8, 4) is 0 Å². The van der Waals surface area contributed by atoms with E-state index in [2.05, 4.69) is 17.5 Å². The second-order valence-electron chi connectivity index (χ2n) is 3.91. The summed E-state index contributed by atoms with van der Waals surface area (Å²) < 4.78 is 38.7. The quantitative estimate of drug-likeness (QED) is 0.818. The van der Waals surface area contributed by atoms with Crippen molar-refractivity contribution >= 4 is 40.6 Å². The molecule has 110 valence electrons. The maximum Gasteiger partial charge on any atom is 0.417 e. The minimum Gasteiger partial charge on any atom is -0.389 e. The van der Waals surface area contributed by atoms with Crippen LogP contribution in [0.15, 0.2) is 18.2 Å². The highest BCUT2D eigenvalue weighted by molar-refractivity contribution is 7.98. The molecule has 0 saturated carbocycles. The molecule has 0 radical (unpaired) electrons. The Morgan fingerprint density at radius 3 is 2.60 bits per heavy atom. The summed E-state index contributed by atoms with van der Waals surface area (Å²) in [5, 5.41) is 2.42. The van der Waals surface area contributed by atoms with Crippen molar-refractivity contribution in [1.82, 2.24) is 0 Å². The fourth-order valence-corrected chi connectivity index (χ4v) is 2.06. The molecule has 0 aromatic heterocycles. The van der Waals surface area contributed by atoms with Crippen LogP contribution in [-0.2, 0) is 11.0 Å². The second-order valence-corrected chi connectivity index (χ2v) is 5.34. The summed E-state index contributed by atoms with van der Waals surface area (Å²) in [7, 11) is 0. The maximum absolute atomic E-state index is 12.9. The van der Waals surface area contributed by atoms with Crippen molar-refractivity contribution in [3.05, 3.63) is 29.3 Å². The minimum absolute atomic E-state index is 0.0726. The summed E-state index contributed by atoms with van der Waals surface area (Å²) in [6, 6.07) is 3.35. The molecule has 1 aromatic rings. The molecule has 0 unspecified atom stereocenters. The zero-order chi connectivity index (χ0) is 15.3. The fourth-order valence-electron chi connectivity index (χ4n) is 1.49. The standard InChI is InChI=1S/C12H13F3N2OS2/c1-20-5-4-10(18)17-7-2-3-8(11(16)19)9(6-7)12(13,14)15/h2-3,6H,4-5H2,1H3,(H2,16,19)(H,17,18). The number of anilines is 1. The Labute approximate surface area is 124 Å². The third kappa shape index (κ3) is 4.68. The molecule has 1 amide bonds. The lowest BCUT2D eigenvalue weighted by Crippen LogP contribution is -2.19. The Kier molecular flexibility index (Phi) is 5.82. The van der Waals surface area contributed by atoms with E-state index >= 15 is 0 Å². The molecule has 0 aliphatic carbocycles. The monoisotopic (exact) mass is 322 g/mol. The summed E-state index contributed by atoms with van der Waals surface area (Å²) in [6.45, 7) is 0. The SMILES string of the molecule is CSCCC(=O)Nc1ccc(C(N)=S)c(C(F)(F)F)c1. The largest absolute Gasteiger partial charge is 0.417 e. The van der Waals surface area contributed by atoms with Gasteiger partial charge in [-0.05, 0) is 24.5 Å². The first-order valence-corrected chi connectivity index (χ1v) is 7.35. The van der Waals surface area contributed by atoms with Crippen LogP contribution in [0, 0.1) is 0 Å². The molecule has 0 atom stereocenters. The zero-order valence-corrected chi connectivity index (χ0v) is 12.2. The van der Waals surface area contributed by atoms with Crippen molar-refractivity contribution in [1.29, 1.82) is 0 Å². The number of thioether (sulfide) groups is 1. The lowest BCUT2D eigenvalue weighted by Gasteiger charge is -2.14. The third-order valence-electron chi connectivity index (χ3n) is 2.41. The van der Waals surface area contributed by atoms with Crippen LogP contribution in [0.2, 0.25) is 0 Å². The number of carbonyl (C=O) groups is 1. The van der Waals surface area contributed by atoms with E-state index in [-0.39, 0.29) is 28.6 Å². The van der Waals surface area contributed by atoms with Crippen LogP contribution in [0.25, 0.3) is 0 Å². The molecule has 8 heteroatoms. The smallest absolute Gasteiger partial charge is 0.389 e. The summed E-state index contributed by atoms with van der Waals surface area (Å²) in [4.78, 5) is 11.2. The molecule has 0 aliphatic heterocycles. The number of nitrogens with two attached hydrogens (primary N) is 1. The van der Waals surface area contributed by atoms with Gasteiger partial charge in [-0.2, -0.15) is 24.9 Å². The Hall–Kier alpha value is -1.28. The number of rotatable bonds is 5. The molecule has 0 aliphatic rings. The van der Waals surface area contributed by atoms with Crippen LogP contribution < -0.4 is 11.1 Å². The first-order chi connectivity index (χ1) is 9.25. The molecule has 20 heavy (non-hydrogen) atoms. The lowest BCUT2D eigenvalue weighted by atomic mass is 10.1. The third-order valence-corrected chi connectivity index (χ3v) is 3.24. The number of hydrogen-bond acceptors (Lipinski definition) is 3. The molecule has 0 heterocycles. The van der Waals surface area contributed by atoms with E-state index in [9.17, 15) is 18.0 Å². The highest BCUT2D eigenvalue weighted by Crippen LogP contribution is 2.33. The summed E-state index contributed by atoms with van der Waals surface area (Å²) >= 11 is 6.07. The van der Waals surface area contributed by atoms with Crippen LogP contribution in [0.3, 0.4) is 0 Å². The van der Waals surface area contributed by atoms with Gasteiger partial charge in [0.05, 0.1) is 5.56 Å². The van der Waals surface area contributed by atoms with Crippen LogP contribution in [0.4, 0.5) is 18.9 Å². The highest BCUT2D eigenvalue weighted by atomic mass is 32.2. The van der Waals surface area contributed by atoms with E-state index < -0.39 is 11.7 Å². The van der Waals surface area contributed by atoms with Gasteiger partial charge >= 0.3 is 6.18 Å². The number of benzene rings is 1. The number of amides is 1. The number of nitrogens with one attached hydrogen (secondary N) is 1. The van der Waals surface area contributed by atoms with Gasteiger partial charge in [0.25, 0.3) is 0 Å². The van der Waals surface area contributed by atoms with Crippen molar-refractivity contribution in [3.63, 3.8) is 0 Å². The Bertz CT molecular complexity index is 518. The number of thiocarbonyl (C=S) groups is 1. The molecule has 0 fully saturated rings. The van der Waals surface area contributed by atoms with E-state index in [4.69, 9.17) is 5.73 Å². The van der Waals surface area contributed by atoms with Gasteiger partial charge in [0, 0.05) is 23.4 Å². The maximum atomic E-state index is 12.9. The minimum atomic E-state index is -4.58. The molecule has 0 spiro atoms. The van der Waals surface area contributed by atoms with E-state index in [1.54, 1.807) is 0 Å². The predicted molar refractivity (Wildman–Crippen MR) is 79.0 cm³/mol. The van der Waals surface area contributed by atoms with Crippen LogP contribution in [0.5, 0.6) is 0 Å². The number of carbonyl (C=O) groups excluding carboxylic acids is 1. The fraction of sp³-hybridized carbons (Fsp3) is 0.333. The van der Waals surface area contributed by atoms with Crippen LogP contribution in [0.1, 0.15) is 17.5 Å².